The molecular formula is C16H10Br2. The van der Waals surface area contributed by atoms with Crippen LogP contribution in [0.3, 0.4) is 0 Å². The summed E-state index contributed by atoms with van der Waals surface area (Å²) in [5.74, 6) is 0. The van der Waals surface area contributed by atoms with Crippen LogP contribution in [-0.2, 0) is 12.8 Å². The van der Waals surface area contributed by atoms with Gasteiger partial charge < -0.3 is 0 Å². The predicted octanol–water partition coefficient (Wildman–Crippen LogP) is 5.62. The Balaban J connectivity index is 2.38. The van der Waals surface area contributed by atoms with Crippen LogP contribution in [0.15, 0.2) is 45.3 Å². The van der Waals surface area contributed by atoms with Crippen LogP contribution in [0.2, 0.25) is 0 Å². The van der Waals surface area contributed by atoms with Gasteiger partial charge in [0, 0.05) is 8.95 Å². The largest absolute Gasteiger partial charge is 0.0572 e. The molecular weight excluding hydrogens is 352 g/mol. The first-order valence-electron chi connectivity index (χ1n) is 6.07. The van der Waals surface area contributed by atoms with Crippen LogP contribution in [0.4, 0.5) is 0 Å². The van der Waals surface area contributed by atoms with Crippen molar-refractivity contribution in [1.29, 1.82) is 0 Å². The zero-order valence-corrected chi connectivity index (χ0v) is 12.8. The summed E-state index contributed by atoms with van der Waals surface area (Å²) in [7, 11) is 0. The van der Waals surface area contributed by atoms with Gasteiger partial charge in [-0.15, -0.1) is 0 Å². The maximum atomic E-state index is 3.70. The molecule has 0 unspecified atom stereocenters. The highest BCUT2D eigenvalue weighted by atomic mass is 79.9. The van der Waals surface area contributed by atoms with E-state index in [0.29, 0.717) is 0 Å². The Morgan fingerprint density at radius 1 is 0.722 bits per heavy atom. The lowest BCUT2D eigenvalue weighted by Crippen LogP contribution is -2.02. The van der Waals surface area contributed by atoms with E-state index in [-0.39, 0.29) is 0 Å². The summed E-state index contributed by atoms with van der Waals surface area (Å²) < 4.78 is 2.43. The molecule has 3 aromatic rings. The van der Waals surface area contributed by atoms with E-state index in [1.165, 1.54) is 41.6 Å². The van der Waals surface area contributed by atoms with Gasteiger partial charge in [0.25, 0.3) is 0 Å². The van der Waals surface area contributed by atoms with E-state index in [2.05, 4.69) is 68.3 Å². The van der Waals surface area contributed by atoms with Gasteiger partial charge >= 0.3 is 0 Å². The zero-order valence-electron chi connectivity index (χ0n) is 9.63. The van der Waals surface area contributed by atoms with Gasteiger partial charge in [-0.1, -0.05) is 56.1 Å². The minimum Gasteiger partial charge on any atom is -0.0572 e. The summed E-state index contributed by atoms with van der Waals surface area (Å²) in [6.45, 7) is 0. The normalized spacial score (nSPS) is 13.7. The molecule has 0 N–H and O–H groups in total. The van der Waals surface area contributed by atoms with E-state index < -0.39 is 0 Å². The lowest BCUT2D eigenvalue weighted by molar-refractivity contribution is 0.962. The van der Waals surface area contributed by atoms with Crippen molar-refractivity contribution in [3.05, 3.63) is 56.5 Å². The Labute approximate surface area is 122 Å². The molecule has 0 amide bonds. The molecule has 0 fully saturated rings. The van der Waals surface area contributed by atoms with Crippen molar-refractivity contribution < 1.29 is 0 Å². The molecule has 1 aliphatic carbocycles. The van der Waals surface area contributed by atoms with E-state index in [0.717, 1.165) is 12.8 Å². The molecule has 0 saturated heterocycles. The van der Waals surface area contributed by atoms with Crippen molar-refractivity contribution in [1.82, 2.24) is 0 Å². The molecule has 2 heteroatoms. The molecule has 0 aromatic heterocycles. The molecule has 88 valence electrons. The van der Waals surface area contributed by atoms with Crippen molar-refractivity contribution >= 4 is 53.4 Å². The van der Waals surface area contributed by atoms with Crippen LogP contribution in [0.1, 0.15) is 11.1 Å². The second-order valence-electron chi connectivity index (χ2n) is 4.82. The summed E-state index contributed by atoms with van der Waals surface area (Å²) in [6.07, 6.45) is 2.27. The summed E-state index contributed by atoms with van der Waals surface area (Å²) >= 11 is 7.37. The van der Waals surface area contributed by atoms with E-state index in [1.807, 2.05) is 0 Å². The van der Waals surface area contributed by atoms with Gasteiger partial charge in [-0.2, -0.15) is 0 Å². The van der Waals surface area contributed by atoms with Crippen molar-refractivity contribution in [2.45, 2.75) is 12.8 Å². The van der Waals surface area contributed by atoms with Gasteiger partial charge in [0.15, 0.2) is 0 Å². The molecule has 4 rings (SSSR count). The molecule has 0 saturated carbocycles. The van der Waals surface area contributed by atoms with E-state index in [1.54, 1.807) is 0 Å². The molecule has 0 spiro atoms. The standard InChI is InChI=1S/C16H10Br2/c17-13-8-4-10-2-6-12-14(18)7-3-9-1-5-11(13)16(10)15(9)12/h1,3-5,7-8H,2,6H2. The second-order valence-corrected chi connectivity index (χ2v) is 6.53. The molecule has 0 nitrogen and oxygen atoms in total. The van der Waals surface area contributed by atoms with Gasteiger partial charge in [-0.3, -0.25) is 0 Å². The lowest BCUT2D eigenvalue weighted by Gasteiger charge is -2.20. The van der Waals surface area contributed by atoms with Gasteiger partial charge in [0.2, 0.25) is 0 Å². The summed E-state index contributed by atoms with van der Waals surface area (Å²) in [6, 6.07) is 13.3. The summed E-state index contributed by atoms with van der Waals surface area (Å²) in [4.78, 5) is 0. The average molecular weight is 362 g/mol. The van der Waals surface area contributed by atoms with E-state index >= 15 is 0 Å². The maximum absolute atomic E-state index is 3.70. The SMILES string of the molecule is Brc1ccc2ccc3c(Br)ccc4c3c2c1CC4. The average Bonchev–Trinajstić information content (AvgIpc) is 2.40. The Bertz CT molecular complexity index is 803. The van der Waals surface area contributed by atoms with E-state index in [4.69, 9.17) is 0 Å². The molecule has 0 aliphatic heterocycles. The fraction of sp³-hybridized carbons (Fsp3) is 0.125. The number of halogens is 2. The number of aryl methyl sites for hydroxylation is 2. The smallest absolute Gasteiger partial charge is 0.0254 e. The van der Waals surface area contributed by atoms with Crippen LogP contribution < -0.4 is 0 Å². The molecule has 0 atom stereocenters. The number of rotatable bonds is 0. The van der Waals surface area contributed by atoms with Gasteiger partial charge in [0.05, 0.1) is 0 Å². The first-order chi connectivity index (χ1) is 8.75. The quantitative estimate of drug-likeness (QED) is 0.456. The fourth-order valence-corrected chi connectivity index (χ4v) is 4.05. The lowest BCUT2D eigenvalue weighted by atomic mass is 9.86. The molecule has 3 aromatic carbocycles. The fourth-order valence-electron chi connectivity index (χ4n) is 3.06. The van der Waals surface area contributed by atoms with Crippen molar-refractivity contribution in [3.63, 3.8) is 0 Å². The number of hydrogen-bond donors (Lipinski definition) is 0. The highest BCUT2D eigenvalue weighted by molar-refractivity contribution is 9.11. The van der Waals surface area contributed by atoms with Crippen molar-refractivity contribution in [2.24, 2.45) is 0 Å². The van der Waals surface area contributed by atoms with Crippen LogP contribution in [-0.4, -0.2) is 0 Å². The summed E-state index contributed by atoms with van der Waals surface area (Å²) in [5.41, 5.74) is 2.94. The van der Waals surface area contributed by atoms with Gasteiger partial charge in [0.1, 0.15) is 0 Å². The van der Waals surface area contributed by atoms with Crippen LogP contribution >= 0.6 is 31.9 Å². The first kappa shape index (κ1) is 11.0. The minimum atomic E-state index is 1.13. The highest BCUT2D eigenvalue weighted by Gasteiger charge is 2.17. The van der Waals surface area contributed by atoms with Gasteiger partial charge in [-0.05, 0) is 57.6 Å². The van der Waals surface area contributed by atoms with Crippen molar-refractivity contribution in [2.75, 3.05) is 0 Å². The third kappa shape index (κ3) is 1.36. The third-order valence-corrected chi connectivity index (χ3v) is 5.32. The molecule has 0 heterocycles. The Morgan fingerprint density at radius 2 is 1.50 bits per heavy atom. The predicted molar refractivity (Wildman–Crippen MR) is 84.3 cm³/mol. The second kappa shape index (κ2) is 3.82. The molecule has 0 radical (unpaired) electrons. The zero-order chi connectivity index (χ0) is 12.3. The van der Waals surface area contributed by atoms with Crippen LogP contribution in [0.25, 0.3) is 21.5 Å². The third-order valence-electron chi connectivity index (χ3n) is 3.89. The Morgan fingerprint density at radius 3 is 2.39 bits per heavy atom. The summed E-state index contributed by atoms with van der Waals surface area (Å²) in [5, 5.41) is 5.55. The number of benzene rings is 3. The van der Waals surface area contributed by atoms with E-state index in [9.17, 15) is 0 Å². The highest BCUT2D eigenvalue weighted by Crippen LogP contribution is 2.40. The topological polar surface area (TPSA) is 0 Å². The van der Waals surface area contributed by atoms with Crippen molar-refractivity contribution in [3.8, 4) is 0 Å². The van der Waals surface area contributed by atoms with Crippen LogP contribution in [0, 0.1) is 0 Å². The Hall–Kier alpha value is -0.860. The molecule has 18 heavy (non-hydrogen) atoms. The first-order valence-corrected chi connectivity index (χ1v) is 7.65. The maximum Gasteiger partial charge on any atom is 0.0254 e. The monoisotopic (exact) mass is 360 g/mol. The molecule has 1 aliphatic rings. The molecule has 0 bridgehead atoms. The van der Waals surface area contributed by atoms with Gasteiger partial charge in [-0.25, -0.2) is 0 Å². The Kier molecular flexibility index (Phi) is 2.33. The minimum absolute atomic E-state index is 1.13. The number of hydrogen-bond acceptors (Lipinski definition) is 0. The van der Waals surface area contributed by atoms with Crippen LogP contribution in [0.5, 0.6) is 0 Å².